The summed E-state index contributed by atoms with van der Waals surface area (Å²) in [5.41, 5.74) is 4.23. The lowest BCUT2D eigenvalue weighted by atomic mass is 9.96. The maximum absolute atomic E-state index is 3.77. The highest BCUT2D eigenvalue weighted by atomic mass is 14.1. The van der Waals surface area contributed by atoms with Crippen LogP contribution in [0.3, 0.4) is 0 Å². The maximum Gasteiger partial charge on any atom is -0.0161 e. The normalized spacial score (nSPS) is 14.1. The molecule has 20 heavy (non-hydrogen) atoms. The van der Waals surface area contributed by atoms with E-state index in [1.807, 2.05) is 6.08 Å². The fraction of sp³-hybridized carbons (Fsp3) is 0.600. The van der Waals surface area contributed by atoms with Gasteiger partial charge in [-0.25, -0.2) is 0 Å². The summed E-state index contributed by atoms with van der Waals surface area (Å²) < 4.78 is 0. The van der Waals surface area contributed by atoms with Crippen molar-refractivity contribution in [1.82, 2.24) is 0 Å². The van der Waals surface area contributed by atoms with E-state index < -0.39 is 0 Å². The Kier molecular flexibility index (Phi) is 11.1. The van der Waals surface area contributed by atoms with Gasteiger partial charge in [-0.3, -0.25) is 0 Å². The van der Waals surface area contributed by atoms with Crippen molar-refractivity contribution >= 4 is 0 Å². The molecule has 0 heterocycles. The fourth-order valence-corrected chi connectivity index (χ4v) is 2.16. The molecule has 0 N–H and O–H groups in total. The van der Waals surface area contributed by atoms with Gasteiger partial charge in [0.1, 0.15) is 0 Å². The highest BCUT2D eigenvalue weighted by Crippen LogP contribution is 2.17. The molecule has 1 unspecified atom stereocenters. The van der Waals surface area contributed by atoms with Crippen molar-refractivity contribution in [2.75, 3.05) is 0 Å². The zero-order valence-electron chi connectivity index (χ0n) is 14.3. The molecule has 0 aromatic heterocycles. The third kappa shape index (κ3) is 12.0. The van der Waals surface area contributed by atoms with Crippen LogP contribution in [0.2, 0.25) is 0 Å². The highest BCUT2D eigenvalue weighted by Gasteiger charge is 2.01. The number of allylic oxidation sites excluding steroid dienone is 7. The molecule has 0 fully saturated rings. The van der Waals surface area contributed by atoms with Gasteiger partial charge < -0.3 is 0 Å². The Balaban J connectivity index is 3.79. The third-order valence-electron chi connectivity index (χ3n) is 3.71. The van der Waals surface area contributed by atoms with Crippen molar-refractivity contribution in [3.05, 3.63) is 47.6 Å². The van der Waals surface area contributed by atoms with Gasteiger partial charge in [0.2, 0.25) is 0 Å². The van der Waals surface area contributed by atoms with Crippen molar-refractivity contribution in [1.29, 1.82) is 0 Å². The van der Waals surface area contributed by atoms with Gasteiger partial charge >= 0.3 is 0 Å². The Hall–Kier alpha value is -1.04. The third-order valence-corrected chi connectivity index (χ3v) is 3.71. The Morgan fingerprint density at radius 2 is 1.70 bits per heavy atom. The van der Waals surface area contributed by atoms with Gasteiger partial charge in [-0.15, -0.1) is 0 Å². The van der Waals surface area contributed by atoms with Crippen LogP contribution in [0.5, 0.6) is 0 Å². The molecule has 0 aromatic rings. The van der Waals surface area contributed by atoms with Crippen LogP contribution in [0.4, 0.5) is 0 Å². The molecular formula is C20H34. The number of hydrogen-bond donors (Lipinski definition) is 0. The number of rotatable bonds is 10. The second kappa shape index (κ2) is 11.8. The summed E-state index contributed by atoms with van der Waals surface area (Å²) in [6.07, 6.45) is 16.4. The van der Waals surface area contributed by atoms with E-state index in [1.165, 1.54) is 48.8 Å². The van der Waals surface area contributed by atoms with Crippen LogP contribution in [0.15, 0.2) is 47.6 Å². The lowest BCUT2D eigenvalue weighted by Crippen LogP contribution is -1.94. The lowest BCUT2D eigenvalue weighted by molar-refractivity contribution is 0.478. The first kappa shape index (κ1) is 19.0. The second-order valence-electron chi connectivity index (χ2n) is 6.29. The van der Waals surface area contributed by atoms with Gasteiger partial charge in [-0.05, 0) is 65.7 Å². The summed E-state index contributed by atoms with van der Waals surface area (Å²) in [6, 6.07) is 0. The molecule has 0 aliphatic rings. The molecule has 1 atom stereocenters. The summed E-state index contributed by atoms with van der Waals surface area (Å²) in [5.74, 6) is 0.848. The van der Waals surface area contributed by atoms with Gasteiger partial charge in [-0.2, -0.15) is 0 Å². The molecule has 0 saturated heterocycles. The molecule has 114 valence electrons. The quantitative estimate of drug-likeness (QED) is 0.297. The second-order valence-corrected chi connectivity index (χ2v) is 6.29. The van der Waals surface area contributed by atoms with E-state index in [9.17, 15) is 0 Å². The topological polar surface area (TPSA) is 0 Å². The predicted octanol–water partition coefficient (Wildman–Crippen LogP) is 7.01. The average Bonchev–Trinajstić information content (AvgIpc) is 2.38. The van der Waals surface area contributed by atoms with E-state index in [2.05, 4.69) is 59.4 Å². The first-order valence-corrected chi connectivity index (χ1v) is 8.04. The molecule has 0 bridgehead atoms. The Labute approximate surface area is 127 Å². The Morgan fingerprint density at radius 3 is 2.30 bits per heavy atom. The first-order chi connectivity index (χ1) is 9.45. The van der Waals surface area contributed by atoms with Gasteiger partial charge in [0.15, 0.2) is 0 Å². The molecule has 0 spiro atoms. The Bertz CT molecular complexity index is 348. The van der Waals surface area contributed by atoms with Crippen molar-refractivity contribution in [2.45, 2.75) is 73.1 Å². The summed E-state index contributed by atoms with van der Waals surface area (Å²) in [7, 11) is 0. The standard InChI is InChI=1S/C20H34/c1-7-18(4)12-9-14-20(6)16-10-15-19(5)13-8-11-17(2)3/h7,11-12,14,19H,1,8-10,13,15-16H2,2-6H3/b18-12+,20-14+. The van der Waals surface area contributed by atoms with Crippen LogP contribution < -0.4 is 0 Å². The van der Waals surface area contributed by atoms with Crippen LogP contribution in [-0.4, -0.2) is 0 Å². The lowest BCUT2D eigenvalue weighted by Gasteiger charge is -2.10. The van der Waals surface area contributed by atoms with Crippen LogP contribution in [-0.2, 0) is 0 Å². The zero-order valence-corrected chi connectivity index (χ0v) is 14.3. The monoisotopic (exact) mass is 274 g/mol. The minimum Gasteiger partial charge on any atom is -0.0988 e. The summed E-state index contributed by atoms with van der Waals surface area (Å²) in [5, 5.41) is 0. The van der Waals surface area contributed by atoms with E-state index in [0.717, 1.165) is 12.3 Å². The van der Waals surface area contributed by atoms with E-state index >= 15 is 0 Å². The minimum absolute atomic E-state index is 0.848. The van der Waals surface area contributed by atoms with E-state index in [1.54, 1.807) is 0 Å². The highest BCUT2D eigenvalue weighted by molar-refractivity contribution is 5.15. The summed E-state index contributed by atoms with van der Waals surface area (Å²) >= 11 is 0. The fourth-order valence-electron chi connectivity index (χ4n) is 2.16. The first-order valence-electron chi connectivity index (χ1n) is 8.04. The van der Waals surface area contributed by atoms with E-state index in [-0.39, 0.29) is 0 Å². The van der Waals surface area contributed by atoms with Crippen molar-refractivity contribution < 1.29 is 0 Å². The van der Waals surface area contributed by atoms with Gasteiger partial charge in [-0.1, -0.05) is 60.9 Å². The van der Waals surface area contributed by atoms with Crippen LogP contribution in [0.25, 0.3) is 0 Å². The van der Waals surface area contributed by atoms with Gasteiger partial charge in [0.05, 0.1) is 0 Å². The molecule has 0 nitrogen and oxygen atoms in total. The molecule has 0 aliphatic carbocycles. The molecule has 0 aliphatic heterocycles. The molecule has 0 rings (SSSR count). The molecule has 0 radical (unpaired) electrons. The smallest absolute Gasteiger partial charge is 0.0161 e. The molecule has 0 saturated carbocycles. The molecule has 0 aromatic carbocycles. The molecule has 0 amide bonds. The SMILES string of the molecule is C=C/C(C)=C/C/C=C(\C)CCCC(C)CCC=C(C)C. The minimum atomic E-state index is 0.848. The van der Waals surface area contributed by atoms with Crippen LogP contribution in [0, 0.1) is 5.92 Å². The predicted molar refractivity (Wildman–Crippen MR) is 94.0 cm³/mol. The zero-order chi connectivity index (χ0) is 15.4. The average molecular weight is 274 g/mol. The van der Waals surface area contributed by atoms with Crippen LogP contribution >= 0.6 is 0 Å². The van der Waals surface area contributed by atoms with Gasteiger partial charge in [0.25, 0.3) is 0 Å². The number of hydrogen-bond acceptors (Lipinski definition) is 0. The van der Waals surface area contributed by atoms with E-state index in [4.69, 9.17) is 0 Å². The van der Waals surface area contributed by atoms with Crippen molar-refractivity contribution in [3.8, 4) is 0 Å². The van der Waals surface area contributed by atoms with E-state index in [0.29, 0.717) is 0 Å². The summed E-state index contributed by atoms with van der Waals surface area (Å²) in [4.78, 5) is 0. The summed E-state index contributed by atoms with van der Waals surface area (Å²) in [6.45, 7) is 14.9. The maximum atomic E-state index is 3.77. The van der Waals surface area contributed by atoms with Gasteiger partial charge in [0, 0.05) is 0 Å². The molecule has 0 heteroatoms. The Morgan fingerprint density at radius 1 is 1.00 bits per heavy atom. The molecular weight excluding hydrogens is 240 g/mol. The van der Waals surface area contributed by atoms with Crippen molar-refractivity contribution in [2.24, 2.45) is 5.92 Å². The van der Waals surface area contributed by atoms with Crippen molar-refractivity contribution in [3.63, 3.8) is 0 Å². The van der Waals surface area contributed by atoms with Crippen LogP contribution in [0.1, 0.15) is 73.1 Å². The largest absolute Gasteiger partial charge is 0.0988 e.